The molecule has 1 aromatic rings. The molecule has 10 heteroatoms. The molecule has 3 atom stereocenters. The summed E-state index contributed by atoms with van der Waals surface area (Å²) in [5, 5.41) is 15.0. The van der Waals surface area contributed by atoms with Crippen LogP contribution >= 0.6 is 27.7 Å². The number of hydrogen-bond acceptors (Lipinski definition) is 8. The number of esters is 1. The summed E-state index contributed by atoms with van der Waals surface area (Å²) >= 11 is 5.11. The number of halogens is 2. The SMILES string of the molecule is CCOC(=O)C1=C(CN2CCOCC2)NC(C2SC=CC2CCO)=NC1c1ccc(F)cc1Br. The van der Waals surface area contributed by atoms with Crippen molar-refractivity contribution in [1.29, 1.82) is 0 Å². The number of carbonyl (C=O) groups is 1. The Morgan fingerprint density at radius 1 is 1.41 bits per heavy atom. The summed E-state index contributed by atoms with van der Waals surface area (Å²) in [7, 11) is 0. The molecule has 0 saturated carbocycles. The van der Waals surface area contributed by atoms with Gasteiger partial charge in [0, 0.05) is 36.4 Å². The second kappa shape index (κ2) is 11.8. The largest absolute Gasteiger partial charge is 0.463 e. The Bertz CT molecular complexity index is 996. The van der Waals surface area contributed by atoms with Crippen LogP contribution in [0.4, 0.5) is 4.39 Å². The first-order chi connectivity index (χ1) is 16.5. The van der Waals surface area contributed by atoms with Gasteiger partial charge in [-0.05, 0) is 42.4 Å². The lowest BCUT2D eigenvalue weighted by atomic mass is 9.93. The molecule has 1 aromatic carbocycles. The van der Waals surface area contributed by atoms with Gasteiger partial charge in [-0.1, -0.05) is 28.1 Å². The maximum atomic E-state index is 13.9. The molecule has 34 heavy (non-hydrogen) atoms. The van der Waals surface area contributed by atoms with Crippen molar-refractivity contribution in [3.63, 3.8) is 0 Å². The van der Waals surface area contributed by atoms with E-state index in [0.717, 1.165) is 24.6 Å². The van der Waals surface area contributed by atoms with E-state index in [4.69, 9.17) is 14.5 Å². The zero-order chi connectivity index (χ0) is 24.1. The minimum atomic E-state index is -0.655. The lowest BCUT2D eigenvalue weighted by Crippen LogP contribution is -2.46. The summed E-state index contributed by atoms with van der Waals surface area (Å²) in [6.07, 6.45) is 2.71. The lowest BCUT2D eigenvalue weighted by Gasteiger charge is -2.34. The van der Waals surface area contributed by atoms with Gasteiger partial charge in [-0.3, -0.25) is 9.89 Å². The molecule has 0 bridgehead atoms. The number of allylic oxidation sites excluding steroid dienone is 1. The van der Waals surface area contributed by atoms with E-state index in [-0.39, 0.29) is 30.2 Å². The van der Waals surface area contributed by atoms with Gasteiger partial charge in [0.15, 0.2) is 0 Å². The molecule has 3 heterocycles. The molecule has 0 amide bonds. The predicted octanol–water partition coefficient (Wildman–Crippen LogP) is 3.41. The number of morpholine rings is 1. The average molecular weight is 554 g/mol. The Hall–Kier alpha value is -1.72. The van der Waals surface area contributed by atoms with Crippen LogP contribution in [0.5, 0.6) is 0 Å². The molecule has 3 aliphatic heterocycles. The molecule has 0 aliphatic carbocycles. The van der Waals surface area contributed by atoms with Crippen molar-refractivity contribution in [2.24, 2.45) is 10.9 Å². The van der Waals surface area contributed by atoms with E-state index in [0.29, 0.717) is 41.8 Å². The van der Waals surface area contributed by atoms with Crippen molar-refractivity contribution in [1.82, 2.24) is 10.2 Å². The van der Waals surface area contributed by atoms with E-state index in [2.05, 4.69) is 32.2 Å². The molecule has 7 nitrogen and oxygen atoms in total. The molecule has 3 unspecified atom stereocenters. The molecule has 2 N–H and O–H groups in total. The van der Waals surface area contributed by atoms with Crippen LogP contribution in [0.1, 0.15) is 24.9 Å². The Morgan fingerprint density at radius 3 is 2.91 bits per heavy atom. The molecule has 0 aromatic heterocycles. The van der Waals surface area contributed by atoms with Crippen LogP contribution in [0.25, 0.3) is 0 Å². The van der Waals surface area contributed by atoms with Crippen LogP contribution in [0, 0.1) is 11.7 Å². The third-order valence-corrected chi connectivity index (χ3v) is 7.92. The molecule has 184 valence electrons. The lowest BCUT2D eigenvalue weighted by molar-refractivity contribution is -0.139. The summed E-state index contributed by atoms with van der Waals surface area (Å²) in [5.41, 5.74) is 1.86. The van der Waals surface area contributed by atoms with E-state index >= 15 is 0 Å². The number of hydrogen-bond donors (Lipinski definition) is 2. The second-order valence-electron chi connectivity index (χ2n) is 8.27. The third kappa shape index (κ3) is 5.73. The molecule has 0 radical (unpaired) electrons. The number of thioether (sulfide) groups is 1. The van der Waals surface area contributed by atoms with Crippen molar-refractivity contribution in [3.8, 4) is 0 Å². The van der Waals surface area contributed by atoms with Crippen LogP contribution in [-0.4, -0.2) is 73.1 Å². The first-order valence-corrected chi connectivity index (χ1v) is 13.2. The first kappa shape index (κ1) is 25.4. The Kier molecular flexibility index (Phi) is 8.81. The first-order valence-electron chi connectivity index (χ1n) is 11.4. The van der Waals surface area contributed by atoms with Crippen molar-refractivity contribution in [2.75, 3.05) is 46.1 Å². The standard InChI is InChI=1S/C24H29BrFN3O4S/c1-2-33-24(31)20-19(14-29-7-10-32-11-8-29)27-23(22-15(5-9-30)6-12-34-22)28-21(20)17-4-3-16(26)13-18(17)25/h3-4,6,12-13,15,21-22,30H,2,5,7-11,14H2,1H3,(H,27,28). The number of rotatable bonds is 8. The van der Waals surface area contributed by atoms with Crippen molar-refractivity contribution >= 4 is 39.5 Å². The highest BCUT2D eigenvalue weighted by molar-refractivity contribution is 9.10. The number of aliphatic hydroxyl groups excluding tert-OH is 1. The fourth-order valence-electron chi connectivity index (χ4n) is 4.36. The molecule has 0 spiro atoms. The summed E-state index contributed by atoms with van der Waals surface area (Å²) < 4.78 is 25.4. The minimum Gasteiger partial charge on any atom is -0.463 e. The second-order valence-corrected chi connectivity index (χ2v) is 10.2. The maximum absolute atomic E-state index is 13.9. The number of aliphatic hydroxyl groups is 1. The monoisotopic (exact) mass is 553 g/mol. The van der Waals surface area contributed by atoms with E-state index in [1.54, 1.807) is 24.8 Å². The van der Waals surface area contributed by atoms with Gasteiger partial charge in [-0.2, -0.15) is 0 Å². The van der Waals surface area contributed by atoms with Crippen LogP contribution in [-0.2, 0) is 14.3 Å². The molecule has 1 saturated heterocycles. The van der Waals surface area contributed by atoms with Crippen molar-refractivity contribution in [3.05, 3.63) is 56.8 Å². The highest BCUT2D eigenvalue weighted by atomic mass is 79.9. The van der Waals surface area contributed by atoms with Crippen molar-refractivity contribution < 1.29 is 23.8 Å². The Balaban J connectivity index is 1.78. The highest BCUT2D eigenvalue weighted by Gasteiger charge is 2.38. The molecular formula is C24H29BrFN3O4S. The number of ether oxygens (including phenoxy) is 2. The normalized spacial score (nSPS) is 25.3. The van der Waals surface area contributed by atoms with E-state index in [9.17, 15) is 14.3 Å². The number of aliphatic imine (C=N–C) groups is 1. The summed E-state index contributed by atoms with van der Waals surface area (Å²) in [6, 6.07) is 3.77. The fraction of sp³-hybridized carbons (Fsp3) is 0.500. The Morgan fingerprint density at radius 2 is 2.21 bits per heavy atom. The molecule has 4 rings (SSSR count). The van der Waals surface area contributed by atoms with Gasteiger partial charge in [0.25, 0.3) is 0 Å². The van der Waals surface area contributed by atoms with E-state index < -0.39 is 12.0 Å². The number of amidine groups is 1. The van der Waals surface area contributed by atoms with Gasteiger partial charge in [0.05, 0.1) is 30.6 Å². The summed E-state index contributed by atoms with van der Waals surface area (Å²) in [5.74, 6) is 0.0484. The number of carbonyl (C=O) groups excluding carboxylic acids is 1. The van der Waals surface area contributed by atoms with E-state index in [1.807, 2.05) is 5.41 Å². The van der Waals surface area contributed by atoms with Crippen LogP contribution in [0.2, 0.25) is 0 Å². The fourth-order valence-corrected chi connectivity index (χ4v) is 6.07. The van der Waals surface area contributed by atoms with Crippen LogP contribution < -0.4 is 5.32 Å². The minimum absolute atomic E-state index is 0.0164. The zero-order valence-corrected chi connectivity index (χ0v) is 21.4. The number of benzene rings is 1. The van der Waals surface area contributed by atoms with Crippen LogP contribution in [0.15, 0.2) is 50.4 Å². The number of nitrogens with zero attached hydrogens (tertiary/aromatic N) is 2. The summed E-state index contributed by atoms with van der Waals surface area (Å²) in [4.78, 5) is 20.5. The molecular weight excluding hydrogens is 525 g/mol. The Labute approximate surface area is 211 Å². The quantitative estimate of drug-likeness (QED) is 0.477. The van der Waals surface area contributed by atoms with Gasteiger partial charge < -0.3 is 19.9 Å². The number of nitrogens with one attached hydrogen (secondary N) is 1. The van der Waals surface area contributed by atoms with Gasteiger partial charge in [0.2, 0.25) is 0 Å². The van der Waals surface area contributed by atoms with Gasteiger partial charge in [-0.15, -0.1) is 11.8 Å². The highest BCUT2D eigenvalue weighted by Crippen LogP contribution is 2.40. The average Bonchev–Trinajstić information content (AvgIpc) is 3.28. The molecule has 3 aliphatic rings. The van der Waals surface area contributed by atoms with Crippen molar-refractivity contribution in [2.45, 2.75) is 24.6 Å². The molecule has 1 fully saturated rings. The van der Waals surface area contributed by atoms with Gasteiger partial charge >= 0.3 is 5.97 Å². The maximum Gasteiger partial charge on any atom is 0.338 e. The zero-order valence-electron chi connectivity index (χ0n) is 19.0. The van der Waals surface area contributed by atoms with Gasteiger partial charge in [0.1, 0.15) is 17.7 Å². The smallest absolute Gasteiger partial charge is 0.338 e. The summed E-state index contributed by atoms with van der Waals surface area (Å²) in [6.45, 7) is 5.39. The van der Waals surface area contributed by atoms with E-state index in [1.165, 1.54) is 12.1 Å². The topological polar surface area (TPSA) is 83.4 Å². The third-order valence-electron chi connectivity index (χ3n) is 6.06. The van der Waals surface area contributed by atoms with Crippen LogP contribution in [0.3, 0.4) is 0 Å². The van der Waals surface area contributed by atoms with Gasteiger partial charge in [-0.25, -0.2) is 9.18 Å². The predicted molar refractivity (Wildman–Crippen MR) is 134 cm³/mol.